The van der Waals surface area contributed by atoms with Crippen LogP contribution in [0.4, 0.5) is 4.39 Å². The summed E-state index contributed by atoms with van der Waals surface area (Å²) in [5.74, 6) is -0.233. The normalized spacial score (nSPS) is 19.2. The average molecular weight is 360 g/mol. The monoisotopic (exact) mass is 359 g/mol. The maximum Gasteiger partial charge on any atom is 0.141 e. The number of benzene rings is 2. The van der Waals surface area contributed by atoms with E-state index in [-0.39, 0.29) is 22.3 Å². The second-order valence-electron chi connectivity index (χ2n) is 7.20. The Balaban J connectivity index is 2.17. The highest BCUT2D eigenvalue weighted by Crippen LogP contribution is 2.47. The molecule has 25 heavy (non-hydrogen) atoms. The fourth-order valence-corrected chi connectivity index (χ4v) is 3.97. The lowest BCUT2D eigenvalue weighted by Gasteiger charge is -2.35. The first-order chi connectivity index (χ1) is 11.8. The van der Waals surface area contributed by atoms with Gasteiger partial charge in [-0.3, -0.25) is 0 Å². The second-order valence-corrected chi connectivity index (χ2v) is 7.61. The molecule has 0 saturated heterocycles. The van der Waals surface area contributed by atoms with Crippen molar-refractivity contribution in [2.45, 2.75) is 32.3 Å². The maximum atomic E-state index is 13.7. The number of phenolic OH excluding ortho intramolecular Hbond substituents is 1. The molecule has 0 saturated carbocycles. The van der Waals surface area contributed by atoms with E-state index in [9.17, 15) is 9.50 Å². The molecule has 1 atom stereocenters. The van der Waals surface area contributed by atoms with Gasteiger partial charge in [-0.15, -0.1) is 0 Å². The van der Waals surface area contributed by atoms with E-state index in [0.717, 1.165) is 27.8 Å². The summed E-state index contributed by atoms with van der Waals surface area (Å²) in [6.07, 6.45) is -0.143. The van der Waals surface area contributed by atoms with Crippen molar-refractivity contribution in [1.29, 1.82) is 0 Å². The van der Waals surface area contributed by atoms with Crippen molar-refractivity contribution in [1.82, 2.24) is 4.57 Å². The topological polar surface area (TPSA) is 34.4 Å². The minimum atomic E-state index is -0.449. The van der Waals surface area contributed by atoms with Gasteiger partial charge in [-0.05, 0) is 37.3 Å². The summed E-state index contributed by atoms with van der Waals surface area (Å²) in [5.41, 5.74) is 3.40. The fraction of sp³-hybridized carbons (Fsp3) is 0.300. The van der Waals surface area contributed by atoms with Crippen LogP contribution in [0.1, 0.15) is 38.1 Å². The van der Waals surface area contributed by atoms with Gasteiger partial charge in [-0.25, -0.2) is 4.39 Å². The standard InChI is InChI=1S/C20H19ClFNO2/c1-11-17-18-15(5-4-6-16(18)24)23(19(17)20(2,3)10-25-11)12-7-8-14(22)13(21)9-12/h4-9,11,24H,10H2,1-3H3. The summed E-state index contributed by atoms with van der Waals surface area (Å²) in [6, 6.07) is 10.1. The average Bonchev–Trinajstić information content (AvgIpc) is 2.92. The molecule has 1 aromatic heterocycles. The van der Waals surface area contributed by atoms with Crippen LogP contribution in [0, 0.1) is 5.82 Å². The van der Waals surface area contributed by atoms with Gasteiger partial charge in [0.05, 0.1) is 23.3 Å². The summed E-state index contributed by atoms with van der Waals surface area (Å²) in [6.45, 7) is 6.76. The van der Waals surface area contributed by atoms with Crippen LogP contribution in [0.3, 0.4) is 0 Å². The molecule has 2 aromatic carbocycles. The lowest BCUT2D eigenvalue weighted by Crippen LogP contribution is -2.33. The van der Waals surface area contributed by atoms with E-state index in [2.05, 4.69) is 18.4 Å². The number of aromatic nitrogens is 1. The molecule has 0 spiro atoms. The summed E-state index contributed by atoms with van der Waals surface area (Å²) in [4.78, 5) is 0. The number of phenols is 1. The molecule has 1 unspecified atom stereocenters. The molecule has 0 fully saturated rings. The Kier molecular flexibility index (Phi) is 3.60. The van der Waals surface area contributed by atoms with E-state index in [4.69, 9.17) is 16.3 Å². The molecule has 0 amide bonds. The zero-order chi connectivity index (χ0) is 17.9. The van der Waals surface area contributed by atoms with Gasteiger partial charge in [-0.2, -0.15) is 0 Å². The first-order valence-electron chi connectivity index (χ1n) is 8.25. The van der Waals surface area contributed by atoms with Crippen LogP contribution in [0.5, 0.6) is 5.75 Å². The third kappa shape index (κ3) is 2.35. The molecule has 1 aliphatic rings. The molecular weight excluding hydrogens is 341 g/mol. The van der Waals surface area contributed by atoms with Crippen LogP contribution < -0.4 is 0 Å². The van der Waals surface area contributed by atoms with Crippen molar-refractivity contribution < 1.29 is 14.2 Å². The van der Waals surface area contributed by atoms with Gasteiger partial charge in [0.15, 0.2) is 0 Å². The summed E-state index contributed by atoms with van der Waals surface area (Å²) >= 11 is 6.03. The molecule has 130 valence electrons. The summed E-state index contributed by atoms with van der Waals surface area (Å²) in [7, 11) is 0. The second kappa shape index (κ2) is 5.48. The van der Waals surface area contributed by atoms with E-state index >= 15 is 0 Å². The molecule has 0 radical (unpaired) electrons. The van der Waals surface area contributed by atoms with Crippen molar-refractivity contribution in [3.05, 3.63) is 58.5 Å². The van der Waals surface area contributed by atoms with Gasteiger partial charge in [0.2, 0.25) is 0 Å². The zero-order valence-electron chi connectivity index (χ0n) is 14.3. The number of nitrogens with zero attached hydrogens (tertiary/aromatic N) is 1. The van der Waals surface area contributed by atoms with Gasteiger partial charge in [0.1, 0.15) is 11.6 Å². The van der Waals surface area contributed by atoms with Gasteiger partial charge in [0.25, 0.3) is 0 Å². The van der Waals surface area contributed by atoms with Gasteiger partial charge in [-0.1, -0.05) is 31.5 Å². The lowest BCUT2D eigenvalue weighted by molar-refractivity contribution is 0.0168. The van der Waals surface area contributed by atoms with Crippen LogP contribution in [0.15, 0.2) is 36.4 Å². The smallest absolute Gasteiger partial charge is 0.141 e. The molecule has 1 aliphatic heterocycles. The predicted octanol–water partition coefficient (Wildman–Crippen LogP) is 5.50. The summed E-state index contributed by atoms with van der Waals surface area (Å²) in [5, 5.41) is 11.4. The molecule has 2 heterocycles. The first-order valence-corrected chi connectivity index (χ1v) is 8.63. The van der Waals surface area contributed by atoms with Crippen LogP contribution in [0.2, 0.25) is 5.02 Å². The fourth-order valence-electron chi connectivity index (χ4n) is 3.79. The molecular formula is C20H19ClFNO2. The lowest BCUT2D eigenvalue weighted by atomic mass is 9.83. The van der Waals surface area contributed by atoms with Crippen molar-refractivity contribution in [3.63, 3.8) is 0 Å². The molecule has 3 nitrogen and oxygen atoms in total. The SMILES string of the molecule is CC1OCC(C)(C)c2c1c1c(O)cccc1n2-c1ccc(F)c(Cl)c1. The predicted molar refractivity (Wildman–Crippen MR) is 97.3 cm³/mol. The minimum Gasteiger partial charge on any atom is -0.507 e. The maximum absolute atomic E-state index is 13.7. The third-order valence-electron chi connectivity index (χ3n) is 4.91. The highest BCUT2D eigenvalue weighted by molar-refractivity contribution is 6.30. The number of hydrogen-bond acceptors (Lipinski definition) is 2. The molecule has 0 bridgehead atoms. The highest BCUT2D eigenvalue weighted by atomic mass is 35.5. The Labute approximate surface area is 150 Å². The number of fused-ring (bicyclic) bond motifs is 3. The molecule has 1 N–H and O–H groups in total. The minimum absolute atomic E-state index is 0.0752. The van der Waals surface area contributed by atoms with Crippen LogP contribution in [-0.2, 0) is 10.2 Å². The van der Waals surface area contributed by atoms with Crippen molar-refractivity contribution >= 4 is 22.5 Å². The largest absolute Gasteiger partial charge is 0.507 e. The number of ether oxygens (including phenoxy) is 1. The van der Waals surface area contributed by atoms with Gasteiger partial charge in [0, 0.05) is 27.7 Å². The van der Waals surface area contributed by atoms with Crippen LogP contribution in [-0.4, -0.2) is 16.3 Å². The van der Waals surface area contributed by atoms with Crippen molar-refractivity contribution in [2.75, 3.05) is 6.61 Å². The van der Waals surface area contributed by atoms with Crippen LogP contribution in [0.25, 0.3) is 16.6 Å². The highest BCUT2D eigenvalue weighted by Gasteiger charge is 2.38. The van der Waals surface area contributed by atoms with Crippen LogP contribution >= 0.6 is 11.6 Å². The van der Waals surface area contributed by atoms with Gasteiger partial charge >= 0.3 is 0 Å². The van der Waals surface area contributed by atoms with E-state index in [0.29, 0.717) is 6.61 Å². The third-order valence-corrected chi connectivity index (χ3v) is 5.20. The van der Waals surface area contributed by atoms with E-state index in [1.54, 1.807) is 18.2 Å². The Hall–Kier alpha value is -2.04. The molecule has 5 heteroatoms. The Morgan fingerprint density at radius 2 is 2.04 bits per heavy atom. The number of hydrogen-bond donors (Lipinski definition) is 1. The van der Waals surface area contributed by atoms with Crippen molar-refractivity contribution in [3.8, 4) is 11.4 Å². The summed E-state index contributed by atoms with van der Waals surface area (Å²) < 4.78 is 21.7. The Bertz CT molecular complexity index is 993. The quantitative estimate of drug-likeness (QED) is 0.622. The van der Waals surface area contributed by atoms with E-state index in [1.807, 2.05) is 19.1 Å². The molecule has 4 rings (SSSR count). The van der Waals surface area contributed by atoms with E-state index in [1.165, 1.54) is 6.07 Å². The number of halogens is 2. The molecule has 0 aliphatic carbocycles. The first kappa shape index (κ1) is 16.4. The number of aromatic hydroxyl groups is 1. The molecule has 3 aromatic rings. The number of rotatable bonds is 1. The Morgan fingerprint density at radius 1 is 1.28 bits per heavy atom. The zero-order valence-corrected chi connectivity index (χ0v) is 15.1. The van der Waals surface area contributed by atoms with E-state index < -0.39 is 5.82 Å². The Morgan fingerprint density at radius 3 is 2.76 bits per heavy atom. The van der Waals surface area contributed by atoms with Gasteiger partial charge < -0.3 is 14.4 Å². The van der Waals surface area contributed by atoms with Crippen molar-refractivity contribution in [2.24, 2.45) is 0 Å².